The van der Waals surface area contributed by atoms with E-state index >= 15 is 0 Å². The van der Waals surface area contributed by atoms with Crippen LogP contribution in [0.2, 0.25) is 0 Å². The first kappa shape index (κ1) is 19.9. The number of piperidine rings is 1. The van der Waals surface area contributed by atoms with E-state index in [1.54, 1.807) is 4.68 Å². The molecule has 1 aromatic rings. The summed E-state index contributed by atoms with van der Waals surface area (Å²) in [4.78, 5) is 18.1. The molecule has 2 aliphatic heterocycles. The molecule has 0 spiro atoms. The molecule has 3 heterocycles. The molecule has 156 valence electrons. The lowest BCUT2D eigenvalue weighted by atomic mass is 9.94. The van der Waals surface area contributed by atoms with Crippen molar-refractivity contribution in [2.45, 2.75) is 70.4 Å². The minimum atomic E-state index is 0.108. The van der Waals surface area contributed by atoms with Crippen molar-refractivity contribution in [1.29, 1.82) is 0 Å². The van der Waals surface area contributed by atoms with Crippen molar-refractivity contribution in [3.63, 3.8) is 0 Å². The SMILES string of the molecule is Cc1cc(C(=O)N(CC2CCN(C3CCCC3)CC2)C[C@@H]2CCCO2)n(C)n1. The number of likely N-dealkylation sites (tertiary alicyclic amines) is 1. The van der Waals surface area contributed by atoms with Gasteiger partial charge in [0.1, 0.15) is 5.69 Å². The van der Waals surface area contributed by atoms with Gasteiger partial charge in [-0.1, -0.05) is 12.8 Å². The second-order valence-electron chi connectivity index (χ2n) is 9.06. The average Bonchev–Trinajstić information content (AvgIpc) is 3.44. The van der Waals surface area contributed by atoms with Crippen molar-refractivity contribution in [3.8, 4) is 0 Å². The molecule has 1 saturated carbocycles. The lowest BCUT2D eigenvalue weighted by molar-refractivity contribution is 0.0421. The highest BCUT2D eigenvalue weighted by atomic mass is 16.5. The van der Waals surface area contributed by atoms with Crippen LogP contribution in [0.1, 0.15) is 67.5 Å². The predicted molar refractivity (Wildman–Crippen MR) is 109 cm³/mol. The van der Waals surface area contributed by atoms with Crippen LogP contribution in [0, 0.1) is 12.8 Å². The molecule has 0 bridgehead atoms. The van der Waals surface area contributed by atoms with E-state index in [9.17, 15) is 4.79 Å². The van der Waals surface area contributed by atoms with E-state index in [0.717, 1.165) is 37.7 Å². The molecule has 0 aromatic carbocycles. The van der Waals surface area contributed by atoms with Crippen LogP contribution in [0.4, 0.5) is 0 Å². The molecule has 1 aromatic heterocycles. The smallest absolute Gasteiger partial charge is 0.272 e. The molecule has 1 amide bonds. The Bertz CT molecular complexity index is 653. The molecule has 2 saturated heterocycles. The van der Waals surface area contributed by atoms with Gasteiger partial charge in [-0.15, -0.1) is 0 Å². The van der Waals surface area contributed by atoms with Gasteiger partial charge in [-0.05, 0) is 70.5 Å². The summed E-state index contributed by atoms with van der Waals surface area (Å²) in [7, 11) is 1.87. The molecule has 1 atom stereocenters. The van der Waals surface area contributed by atoms with Crippen LogP contribution in [0.3, 0.4) is 0 Å². The van der Waals surface area contributed by atoms with E-state index in [4.69, 9.17) is 4.74 Å². The number of ether oxygens (including phenoxy) is 1. The van der Waals surface area contributed by atoms with Crippen LogP contribution < -0.4 is 0 Å². The third kappa shape index (κ3) is 4.60. The fraction of sp³-hybridized carbons (Fsp3) is 0.818. The van der Waals surface area contributed by atoms with Gasteiger partial charge in [0.25, 0.3) is 5.91 Å². The Kier molecular flexibility index (Phi) is 6.36. The van der Waals surface area contributed by atoms with Crippen LogP contribution in [0.25, 0.3) is 0 Å². The van der Waals surface area contributed by atoms with Crippen molar-refractivity contribution in [2.24, 2.45) is 13.0 Å². The van der Waals surface area contributed by atoms with Gasteiger partial charge in [0.15, 0.2) is 0 Å². The molecular formula is C22H36N4O2. The van der Waals surface area contributed by atoms with Gasteiger partial charge in [0.2, 0.25) is 0 Å². The Hall–Kier alpha value is -1.40. The second kappa shape index (κ2) is 8.95. The zero-order chi connectivity index (χ0) is 19.5. The number of carbonyl (C=O) groups is 1. The summed E-state index contributed by atoms with van der Waals surface area (Å²) >= 11 is 0. The fourth-order valence-corrected chi connectivity index (χ4v) is 5.33. The first-order valence-electron chi connectivity index (χ1n) is 11.3. The summed E-state index contributed by atoms with van der Waals surface area (Å²) in [5.41, 5.74) is 1.59. The van der Waals surface area contributed by atoms with Gasteiger partial charge in [-0.25, -0.2) is 0 Å². The van der Waals surface area contributed by atoms with Crippen molar-refractivity contribution in [1.82, 2.24) is 19.6 Å². The van der Waals surface area contributed by atoms with Crippen LogP contribution in [-0.4, -0.2) is 70.4 Å². The van der Waals surface area contributed by atoms with Crippen LogP contribution in [-0.2, 0) is 11.8 Å². The van der Waals surface area contributed by atoms with Crippen LogP contribution in [0.5, 0.6) is 0 Å². The highest BCUT2D eigenvalue weighted by molar-refractivity contribution is 5.92. The maximum atomic E-state index is 13.3. The Balaban J connectivity index is 1.39. The maximum Gasteiger partial charge on any atom is 0.272 e. The molecule has 28 heavy (non-hydrogen) atoms. The lowest BCUT2D eigenvalue weighted by Crippen LogP contribution is -2.45. The van der Waals surface area contributed by atoms with Gasteiger partial charge in [0.05, 0.1) is 11.8 Å². The number of rotatable bonds is 6. The van der Waals surface area contributed by atoms with Crippen molar-refractivity contribution in [2.75, 3.05) is 32.8 Å². The molecule has 4 rings (SSSR count). The summed E-state index contributed by atoms with van der Waals surface area (Å²) in [6.07, 6.45) is 10.3. The summed E-state index contributed by atoms with van der Waals surface area (Å²) in [6.45, 7) is 6.73. The Morgan fingerprint density at radius 3 is 2.50 bits per heavy atom. The van der Waals surface area contributed by atoms with E-state index in [2.05, 4.69) is 14.9 Å². The average molecular weight is 389 g/mol. The van der Waals surface area contributed by atoms with Gasteiger partial charge < -0.3 is 14.5 Å². The lowest BCUT2D eigenvalue weighted by Gasteiger charge is -2.38. The van der Waals surface area contributed by atoms with E-state index in [1.807, 2.05) is 20.0 Å². The maximum absolute atomic E-state index is 13.3. The summed E-state index contributed by atoms with van der Waals surface area (Å²) < 4.78 is 7.58. The molecule has 0 unspecified atom stereocenters. The monoisotopic (exact) mass is 388 g/mol. The summed E-state index contributed by atoms with van der Waals surface area (Å²) in [5, 5.41) is 4.38. The Labute approximate surface area is 169 Å². The number of aryl methyl sites for hydroxylation is 2. The quantitative estimate of drug-likeness (QED) is 0.752. The third-order valence-corrected chi connectivity index (χ3v) is 6.93. The number of aromatic nitrogens is 2. The molecular weight excluding hydrogens is 352 g/mol. The first-order valence-corrected chi connectivity index (χ1v) is 11.3. The van der Waals surface area contributed by atoms with E-state index in [0.29, 0.717) is 18.2 Å². The number of hydrogen-bond acceptors (Lipinski definition) is 4. The molecule has 3 aliphatic rings. The summed E-state index contributed by atoms with van der Waals surface area (Å²) in [6, 6.07) is 2.73. The zero-order valence-corrected chi connectivity index (χ0v) is 17.6. The molecule has 6 heteroatoms. The highest BCUT2D eigenvalue weighted by Crippen LogP contribution is 2.28. The third-order valence-electron chi connectivity index (χ3n) is 6.93. The Morgan fingerprint density at radius 2 is 1.89 bits per heavy atom. The van der Waals surface area contributed by atoms with Crippen LogP contribution in [0.15, 0.2) is 6.07 Å². The topological polar surface area (TPSA) is 50.6 Å². The van der Waals surface area contributed by atoms with E-state index < -0.39 is 0 Å². The Morgan fingerprint density at radius 1 is 1.14 bits per heavy atom. The molecule has 0 radical (unpaired) electrons. The normalized spacial score (nSPS) is 24.9. The largest absolute Gasteiger partial charge is 0.376 e. The predicted octanol–water partition coefficient (Wildman–Crippen LogP) is 3.00. The van der Waals surface area contributed by atoms with Gasteiger partial charge in [0, 0.05) is 32.8 Å². The highest BCUT2D eigenvalue weighted by Gasteiger charge is 2.31. The van der Waals surface area contributed by atoms with Crippen molar-refractivity contribution >= 4 is 5.91 Å². The first-order chi connectivity index (χ1) is 13.6. The standard InChI is InChI=1S/C22H36N4O2/c1-17-14-21(24(2)23-17)22(27)26(16-20-8-5-13-28-20)15-18-9-11-25(12-10-18)19-6-3-4-7-19/h14,18-20H,3-13,15-16H2,1-2H3/t20-/m0/s1. The molecule has 0 N–H and O–H groups in total. The van der Waals surface area contributed by atoms with E-state index in [1.165, 1.54) is 51.6 Å². The minimum Gasteiger partial charge on any atom is -0.376 e. The molecule has 3 fully saturated rings. The van der Waals surface area contributed by atoms with Crippen molar-refractivity contribution < 1.29 is 9.53 Å². The minimum absolute atomic E-state index is 0.108. The fourth-order valence-electron chi connectivity index (χ4n) is 5.33. The van der Waals surface area contributed by atoms with Gasteiger partial charge in [-0.2, -0.15) is 5.10 Å². The second-order valence-corrected chi connectivity index (χ2v) is 9.06. The number of amides is 1. The van der Waals surface area contributed by atoms with Crippen LogP contribution >= 0.6 is 0 Å². The van der Waals surface area contributed by atoms with Gasteiger partial charge >= 0.3 is 0 Å². The number of carbonyl (C=O) groups excluding carboxylic acids is 1. The number of hydrogen-bond donors (Lipinski definition) is 0. The number of nitrogens with zero attached hydrogens (tertiary/aromatic N) is 4. The van der Waals surface area contributed by atoms with Gasteiger partial charge in [-0.3, -0.25) is 9.48 Å². The zero-order valence-electron chi connectivity index (χ0n) is 17.6. The summed E-state index contributed by atoms with van der Waals surface area (Å²) in [5.74, 6) is 0.703. The van der Waals surface area contributed by atoms with E-state index in [-0.39, 0.29) is 12.0 Å². The molecule has 1 aliphatic carbocycles. The molecule has 6 nitrogen and oxygen atoms in total. The van der Waals surface area contributed by atoms with Crippen molar-refractivity contribution in [3.05, 3.63) is 17.5 Å².